The highest BCUT2D eigenvalue weighted by Crippen LogP contribution is 2.18. The summed E-state index contributed by atoms with van der Waals surface area (Å²) in [6.45, 7) is 2.04. The van der Waals surface area contributed by atoms with Gasteiger partial charge in [0.05, 0.1) is 6.21 Å². The molecule has 0 bridgehead atoms. The van der Waals surface area contributed by atoms with Gasteiger partial charge in [0.2, 0.25) is 5.91 Å². The number of thioether (sulfide) groups is 1. The highest BCUT2D eigenvalue weighted by molar-refractivity contribution is 7.99. The Labute approximate surface area is 133 Å². The van der Waals surface area contributed by atoms with Gasteiger partial charge in [-0.2, -0.15) is 5.10 Å². The number of nitrogens with zero attached hydrogens (tertiary/aromatic N) is 1. The predicted octanol–water partition coefficient (Wildman–Crippen LogP) is 3.77. The fourth-order valence-electron chi connectivity index (χ4n) is 1.71. The third kappa shape index (κ3) is 5.33. The van der Waals surface area contributed by atoms with Crippen molar-refractivity contribution < 1.29 is 9.18 Å². The summed E-state index contributed by atoms with van der Waals surface area (Å²) in [6, 6.07) is 14.4. The number of amides is 1. The number of hydrazone groups is 1. The zero-order chi connectivity index (χ0) is 15.8. The molecule has 5 heteroatoms. The molecule has 1 N–H and O–H groups in total. The van der Waals surface area contributed by atoms with Gasteiger partial charge in [0.15, 0.2) is 0 Å². The lowest BCUT2D eigenvalue weighted by Crippen LogP contribution is -2.17. The zero-order valence-electron chi connectivity index (χ0n) is 12.3. The summed E-state index contributed by atoms with van der Waals surface area (Å²) in [7, 11) is 0. The number of hydrogen-bond donors (Lipinski definition) is 1. The van der Waals surface area contributed by atoms with Crippen molar-refractivity contribution in [2.24, 2.45) is 5.10 Å². The molecule has 0 aliphatic carbocycles. The molecule has 0 fully saturated rings. The second-order valence-electron chi connectivity index (χ2n) is 4.73. The summed E-state index contributed by atoms with van der Waals surface area (Å²) in [6.07, 6.45) is 1.66. The lowest BCUT2D eigenvalue weighted by atomic mass is 10.2. The molecule has 3 nitrogen and oxygen atoms in total. The molecule has 2 aromatic rings. The number of carbonyl (C=O) groups excluding carboxylic acids is 1. The van der Waals surface area contributed by atoms with E-state index >= 15 is 0 Å². The fraction of sp³-hybridized carbons (Fsp3) is 0.176. The molecule has 0 radical (unpaired) electrons. The average molecular weight is 316 g/mol. The number of aryl methyl sites for hydroxylation is 1. The molecule has 0 aliphatic heterocycles. The number of rotatable bonds is 6. The van der Waals surface area contributed by atoms with Gasteiger partial charge in [0.1, 0.15) is 5.82 Å². The van der Waals surface area contributed by atoms with E-state index in [1.54, 1.807) is 30.0 Å². The largest absolute Gasteiger partial charge is 0.273 e. The normalized spacial score (nSPS) is 10.8. The summed E-state index contributed by atoms with van der Waals surface area (Å²) in [5.41, 5.74) is 3.96. The summed E-state index contributed by atoms with van der Waals surface area (Å²) in [5.74, 6) is 0.118. The van der Waals surface area contributed by atoms with E-state index in [2.05, 4.69) is 10.5 Å². The molecular formula is C17H17FN2OS. The van der Waals surface area contributed by atoms with E-state index in [0.29, 0.717) is 17.7 Å². The minimum absolute atomic E-state index is 0.188. The Kier molecular flexibility index (Phi) is 6.15. The molecule has 2 rings (SSSR count). The molecule has 0 saturated heterocycles. The van der Waals surface area contributed by atoms with Crippen LogP contribution in [0.3, 0.4) is 0 Å². The van der Waals surface area contributed by atoms with E-state index in [-0.39, 0.29) is 11.7 Å². The summed E-state index contributed by atoms with van der Waals surface area (Å²) in [5, 5.41) is 3.77. The number of benzene rings is 2. The molecule has 0 spiro atoms. The van der Waals surface area contributed by atoms with Gasteiger partial charge >= 0.3 is 0 Å². The molecule has 1 amide bonds. The van der Waals surface area contributed by atoms with Crippen LogP contribution >= 0.6 is 11.8 Å². The van der Waals surface area contributed by atoms with Gasteiger partial charge in [0, 0.05) is 22.6 Å². The van der Waals surface area contributed by atoms with Crippen molar-refractivity contribution in [3.8, 4) is 0 Å². The highest BCUT2D eigenvalue weighted by atomic mass is 32.2. The molecule has 0 atom stereocenters. The first-order chi connectivity index (χ1) is 10.6. The minimum Gasteiger partial charge on any atom is -0.273 e. The van der Waals surface area contributed by atoms with Crippen molar-refractivity contribution in [2.45, 2.75) is 18.2 Å². The molecule has 2 aromatic carbocycles. The van der Waals surface area contributed by atoms with Crippen LogP contribution < -0.4 is 5.43 Å². The van der Waals surface area contributed by atoms with Crippen molar-refractivity contribution in [3.05, 3.63) is 65.5 Å². The lowest BCUT2D eigenvalue weighted by Gasteiger charge is -2.02. The van der Waals surface area contributed by atoms with Crippen LogP contribution in [0.2, 0.25) is 0 Å². The van der Waals surface area contributed by atoms with E-state index < -0.39 is 0 Å². The quantitative estimate of drug-likeness (QED) is 0.501. The summed E-state index contributed by atoms with van der Waals surface area (Å²) < 4.78 is 13.3. The van der Waals surface area contributed by atoms with Gasteiger partial charge < -0.3 is 0 Å². The first-order valence-corrected chi connectivity index (χ1v) is 7.89. The molecular weight excluding hydrogens is 299 g/mol. The first-order valence-electron chi connectivity index (χ1n) is 6.91. The average Bonchev–Trinajstić information content (AvgIpc) is 2.51. The molecule has 22 heavy (non-hydrogen) atoms. The summed E-state index contributed by atoms with van der Waals surface area (Å²) in [4.78, 5) is 12.8. The van der Waals surface area contributed by atoms with Crippen LogP contribution in [0.25, 0.3) is 0 Å². The van der Waals surface area contributed by atoms with Crippen LogP contribution in [0.15, 0.2) is 58.5 Å². The van der Waals surface area contributed by atoms with Crippen molar-refractivity contribution in [1.29, 1.82) is 0 Å². The molecule has 114 valence electrons. The maximum Gasteiger partial charge on any atom is 0.240 e. The van der Waals surface area contributed by atoms with Crippen molar-refractivity contribution in [1.82, 2.24) is 5.43 Å². The van der Waals surface area contributed by atoms with E-state index in [0.717, 1.165) is 4.90 Å². The SMILES string of the molecule is Cc1ccc(SCCC(=O)N/N=C\c2ccccc2F)cc1. The Morgan fingerprint density at radius 3 is 2.68 bits per heavy atom. The molecule has 0 heterocycles. The van der Waals surface area contributed by atoms with Gasteiger partial charge in [-0.1, -0.05) is 35.9 Å². The molecule has 0 aliphatic rings. The van der Waals surface area contributed by atoms with Gasteiger partial charge in [0.25, 0.3) is 0 Å². The summed E-state index contributed by atoms with van der Waals surface area (Å²) >= 11 is 1.62. The third-order valence-corrected chi connectivity index (χ3v) is 3.93. The van der Waals surface area contributed by atoms with E-state index in [1.165, 1.54) is 17.8 Å². The number of hydrogen-bond acceptors (Lipinski definition) is 3. The smallest absolute Gasteiger partial charge is 0.240 e. The van der Waals surface area contributed by atoms with E-state index in [9.17, 15) is 9.18 Å². The first kappa shape index (κ1) is 16.2. The van der Waals surface area contributed by atoms with Crippen molar-refractivity contribution >= 4 is 23.9 Å². The van der Waals surface area contributed by atoms with Crippen LogP contribution in [0.4, 0.5) is 4.39 Å². The van der Waals surface area contributed by atoms with Gasteiger partial charge in [-0.15, -0.1) is 11.8 Å². The van der Waals surface area contributed by atoms with Gasteiger partial charge in [-0.3, -0.25) is 4.79 Å². The molecule has 0 aromatic heterocycles. The molecule has 0 saturated carbocycles. The van der Waals surface area contributed by atoms with Crippen LogP contribution in [0.5, 0.6) is 0 Å². The van der Waals surface area contributed by atoms with Crippen LogP contribution in [0, 0.1) is 12.7 Å². The van der Waals surface area contributed by atoms with E-state index in [4.69, 9.17) is 0 Å². The standard InChI is InChI=1S/C17H17FN2OS/c1-13-6-8-15(9-7-13)22-11-10-17(21)20-19-12-14-4-2-3-5-16(14)18/h2-9,12H,10-11H2,1H3,(H,20,21)/b19-12-. The third-order valence-electron chi connectivity index (χ3n) is 2.92. The Morgan fingerprint density at radius 1 is 1.23 bits per heavy atom. The van der Waals surface area contributed by atoms with Crippen LogP contribution in [0.1, 0.15) is 17.5 Å². The Hall–Kier alpha value is -2.14. The maximum absolute atomic E-state index is 13.3. The number of carbonyl (C=O) groups is 1. The monoisotopic (exact) mass is 316 g/mol. The molecule has 0 unspecified atom stereocenters. The Balaban J connectivity index is 1.72. The van der Waals surface area contributed by atoms with Crippen molar-refractivity contribution in [2.75, 3.05) is 5.75 Å². The van der Waals surface area contributed by atoms with Gasteiger partial charge in [-0.05, 0) is 25.1 Å². The van der Waals surface area contributed by atoms with Crippen LogP contribution in [-0.4, -0.2) is 17.9 Å². The van der Waals surface area contributed by atoms with Gasteiger partial charge in [-0.25, -0.2) is 9.82 Å². The topological polar surface area (TPSA) is 41.5 Å². The lowest BCUT2D eigenvalue weighted by molar-refractivity contribution is -0.120. The zero-order valence-corrected chi connectivity index (χ0v) is 13.1. The fourth-order valence-corrected chi connectivity index (χ4v) is 2.56. The maximum atomic E-state index is 13.3. The Bertz CT molecular complexity index is 656. The second kappa shape index (κ2) is 8.34. The second-order valence-corrected chi connectivity index (χ2v) is 5.89. The van der Waals surface area contributed by atoms with Crippen LogP contribution in [-0.2, 0) is 4.79 Å². The number of halogens is 1. The minimum atomic E-state index is -0.365. The predicted molar refractivity (Wildman–Crippen MR) is 88.7 cm³/mol. The highest BCUT2D eigenvalue weighted by Gasteiger charge is 2.01. The number of nitrogens with one attached hydrogen (secondary N) is 1. The Morgan fingerprint density at radius 2 is 1.95 bits per heavy atom. The van der Waals surface area contributed by atoms with E-state index in [1.807, 2.05) is 31.2 Å². The van der Waals surface area contributed by atoms with Crippen molar-refractivity contribution in [3.63, 3.8) is 0 Å².